The van der Waals surface area contributed by atoms with E-state index in [-0.39, 0.29) is 5.54 Å². The van der Waals surface area contributed by atoms with E-state index >= 15 is 0 Å². The topological polar surface area (TPSA) is 50.7 Å². The van der Waals surface area contributed by atoms with Crippen molar-refractivity contribution in [2.24, 2.45) is 0 Å². The molecule has 18 heavy (non-hydrogen) atoms. The van der Waals surface area contributed by atoms with Gasteiger partial charge in [0.25, 0.3) is 0 Å². The lowest BCUT2D eigenvalue weighted by atomic mass is 10.1. The Morgan fingerprint density at radius 2 is 2.11 bits per heavy atom. The molecule has 96 valence electrons. The van der Waals surface area contributed by atoms with Gasteiger partial charge in [-0.15, -0.1) is 0 Å². The summed E-state index contributed by atoms with van der Waals surface area (Å²) in [6.07, 6.45) is 4.60. The smallest absolute Gasteiger partial charge is 0.203 e. The number of hydrogen-bond donors (Lipinski definition) is 1. The second kappa shape index (κ2) is 5.02. The largest absolute Gasteiger partial charge is 0.356 e. The van der Waals surface area contributed by atoms with Crippen molar-refractivity contribution in [3.8, 4) is 11.4 Å². The normalized spacial score (nSPS) is 11.6. The fraction of sp³-hybridized carbons (Fsp3) is 0.462. The Kier molecular flexibility index (Phi) is 3.61. The number of aryl methyl sites for hydroxylation is 1. The van der Waals surface area contributed by atoms with E-state index in [0.717, 1.165) is 22.9 Å². The minimum Gasteiger partial charge on any atom is -0.356 e. The minimum absolute atomic E-state index is 0.00261. The highest BCUT2D eigenvalue weighted by Crippen LogP contribution is 2.25. The third-order valence-electron chi connectivity index (χ3n) is 2.43. The van der Waals surface area contributed by atoms with E-state index in [1.165, 1.54) is 17.1 Å². The summed E-state index contributed by atoms with van der Waals surface area (Å²) in [4.78, 5) is 8.68. The van der Waals surface area contributed by atoms with Crippen molar-refractivity contribution < 1.29 is 0 Å². The van der Waals surface area contributed by atoms with Gasteiger partial charge in [-0.05, 0) is 38.8 Å². The Balaban J connectivity index is 2.29. The molecule has 0 unspecified atom stereocenters. The zero-order valence-electron chi connectivity index (χ0n) is 11.2. The Morgan fingerprint density at radius 1 is 1.33 bits per heavy atom. The van der Waals surface area contributed by atoms with Crippen LogP contribution in [0.4, 0.5) is 5.13 Å². The van der Waals surface area contributed by atoms with Crippen LogP contribution in [0.1, 0.15) is 33.3 Å². The van der Waals surface area contributed by atoms with Gasteiger partial charge >= 0.3 is 0 Å². The molecule has 0 bridgehead atoms. The first-order chi connectivity index (χ1) is 8.49. The first kappa shape index (κ1) is 13.0. The molecule has 5 heteroatoms. The second-order valence-electron chi connectivity index (χ2n) is 5.18. The van der Waals surface area contributed by atoms with Crippen molar-refractivity contribution in [2.45, 2.75) is 39.7 Å². The zero-order valence-corrected chi connectivity index (χ0v) is 12.0. The fourth-order valence-corrected chi connectivity index (χ4v) is 2.42. The number of nitrogens with one attached hydrogen (secondary N) is 1. The average molecular weight is 262 g/mol. The minimum atomic E-state index is 0.00261. The van der Waals surface area contributed by atoms with E-state index in [1.54, 1.807) is 6.20 Å². The summed E-state index contributed by atoms with van der Waals surface area (Å²) < 4.78 is 4.42. The molecular formula is C13H18N4S. The molecule has 4 nitrogen and oxygen atoms in total. The van der Waals surface area contributed by atoms with Crippen molar-refractivity contribution in [1.29, 1.82) is 0 Å². The number of aromatic nitrogens is 3. The van der Waals surface area contributed by atoms with Crippen molar-refractivity contribution in [1.82, 2.24) is 14.3 Å². The summed E-state index contributed by atoms with van der Waals surface area (Å²) >= 11 is 1.40. The van der Waals surface area contributed by atoms with Gasteiger partial charge in [-0.3, -0.25) is 4.98 Å². The predicted octanol–water partition coefficient (Wildman–Crippen LogP) is 3.37. The zero-order chi connectivity index (χ0) is 13.2. The molecule has 0 radical (unpaired) electrons. The Labute approximate surface area is 112 Å². The molecule has 2 heterocycles. The van der Waals surface area contributed by atoms with Gasteiger partial charge in [-0.2, -0.15) is 9.36 Å². The summed E-state index contributed by atoms with van der Waals surface area (Å²) in [7, 11) is 0. The number of rotatable bonds is 3. The van der Waals surface area contributed by atoms with E-state index in [9.17, 15) is 0 Å². The van der Waals surface area contributed by atoms with Crippen molar-refractivity contribution in [2.75, 3.05) is 5.32 Å². The van der Waals surface area contributed by atoms with Gasteiger partial charge in [0.05, 0.1) is 0 Å². The quantitative estimate of drug-likeness (QED) is 0.921. The lowest BCUT2D eigenvalue weighted by Crippen LogP contribution is -2.25. The van der Waals surface area contributed by atoms with Crippen molar-refractivity contribution in [3.63, 3.8) is 0 Å². The summed E-state index contributed by atoms with van der Waals surface area (Å²) in [6.45, 7) is 8.44. The predicted molar refractivity (Wildman–Crippen MR) is 75.9 cm³/mol. The van der Waals surface area contributed by atoms with Gasteiger partial charge in [-0.1, -0.05) is 6.92 Å². The van der Waals surface area contributed by atoms with Crippen LogP contribution in [0.3, 0.4) is 0 Å². The molecule has 0 aromatic carbocycles. The van der Waals surface area contributed by atoms with Crippen molar-refractivity contribution >= 4 is 16.7 Å². The standard InChI is InChI=1S/C13H18N4S/c1-5-9-8-14-7-6-10(9)11-15-12(18-17-11)16-13(2,3)4/h6-8H,5H2,1-4H3,(H,15,16,17). The number of nitrogens with zero attached hydrogens (tertiary/aromatic N) is 3. The molecule has 2 aromatic heterocycles. The molecule has 1 N–H and O–H groups in total. The molecule has 0 atom stereocenters. The van der Waals surface area contributed by atoms with Gasteiger partial charge in [0.15, 0.2) is 5.82 Å². The first-order valence-corrected chi connectivity index (χ1v) is 6.82. The van der Waals surface area contributed by atoms with E-state index in [4.69, 9.17) is 0 Å². The Morgan fingerprint density at radius 3 is 2.78 bits per heavy atom. The Hall–Kier alpha value is -1.49. The van der Waals surface area contributed by atoms with Crippen LogP contribution in [-0.4, -0.2) is 19.9 Å². The van der Waals surface area contributed by atoms with Crippen LogP contribution in [0.2, 0.25) is 0 Å². The maximum absolute atomic E-state index is 4.54. The third-order valence-corrected chi connectivity index (χ3v) is 3.06. The molecule has 0 saturated heterocycles. The average Bonchev–Trinajstić information content (AvgIpc) is 2.75. The van der Waals surface area contributed by atoms with Crippen LogP contribution >= 0.6 is 11.5 Å². The summed E-state index contributed by atoms with van der Waals surface area (Å²) in [6, 6.07) is 1.97. The van der Waals surface area contributed by atoms with Gasteiger partial charge in [0.1, 0.15) is 0 Å². The van der Waals surface area contributed by atoms with E-state index < -0.39 is 0 Å². The first-order valence-electron chi connectivity index (χ1n) is 6.05. The molecular weight excluding hydrogens is 244 g/mol. The summed E-state index contributed by atoms with van der Waals surface area (Å²) in [5.74, 6) is 0.783. The van der Waals surface area contributed by atoms with E-state index in [1.807, 2.05) is 12.3 Å². The van der Waals surface area contributed by atoms with E-state index in [2.05, 4.69) is 47.4 Å². The van der Waals surface area contributed by atoms with Crippen LogP contribution in [0.25, 0.3) is 11.4 Å². The van der Waals surface area contributed by atoms with Crippen LogP contribution in [0, 0.1) is 0 Å². The highest BCUT2D eigenvalue weighted by Gasteiger charge is 2.14. The van der Waals surface area contributed by atoms with Gasteiger partial charge in [0.2, 0.25) is 5.13 Å². The monoisotopic (exact) mass is 262 g/mol. The molecule has 2 rings (SSSR count). The van der Waals surface area contributed by atoms with Gasteiger partial charge in [0, 0.05) is 35.0 Å². The molecule has 2 aromatic rings. The number of hydrogen-bond acceptors (Lipinski definition) is 5. The van der Waals surface area contributed by atoms with Crippen molar-refractivity contribution in [3.05, 3.63) is 24.0 Å². The highest BCUT2D eigenvalue weighted by atomic mass is 32.1. The second-order valence-corrected chi connectivity index (χ2v) is 5.94. The van der Waals surface area contributed by atoms with Gasteiger partial charge in [-0.25, -0.2) is 0 Å². The van der Waals surface area contributed by atoms with Crippen LogP contribution in [0.15, 0.2) is 18.5 Å². The lowest BCUT2D eigenvalue weighted by molar-refractivity contribution is 0.633. The molecule has 0 aliphatic carbocycles. The maximum Gasteiger partial charge on any atom is 0.203 e. The number of pyridine rings is 1. The molecule has 0 aliphatic heterocycles. The molecule has 0 fully saturated rings. The molecule has 0 spiro atoms. The number of anilines is 1. The highest BCUT2D eigenvalue weighted by molar-refractivity contribution is 7.09. The SMILES string of the molecule is CCc1cnccc1-c1nsc(NC(C)(C)C)n1. The lowest BCUT2D eigenvalue weighted by Gasteiger charge is -2.18. The van der Waals surface area contributed by atoms with Gasteiger partial charge < -0.3 is 5.32 Å². The summed E-state index contributed by atoms with van der Waals surface area (Å²) in [5.41, 5.74) is 2.26. The maximum atomic E-state index is 4.54. The van der Waals surface area contributed by atoms with Crippen LogP contribution in [-0.2, 0) is 6.42 Å². The van der Waals surface area contributed by atoms with E-state index in [0.29, 0.717) is 0 Å². The van der Waals surface area contributed by atoms with Crippen LogP contribution < -0.4 is 5.32 Å². The summed E-state index contributed by atoms with van der Waals surface area (Å²) in [5, 5.41) is 4.20. The molecule has 0 amide bonds. The molecule has 0 saturated carbocycles. The fourth-order valence-electron chi connectivity index (χ4n) is 1.63. The third kappa shape index (κ3) is 3.04. The molecule has 0 aliphatic rings. The Bertz CT molecular complexity index is 528. The van der Waals surface area contributed by atoms with Crippen LogP contribution in [0.5, 0.6) is 0 Å².